The molecule has 19 heavy (non-hydrogen) atoms. The third-order valence-electron chi connectivity index (χ3n) is 1.89. The van der Waals surface area contributed by atoms with Gasteiger partial charge in [0.05, 0.1) is 15.5 Å². The molecule has 0 amide bonds. The normalized spacial score (nSPS) is 10.4. The molecule has 0 aliphatic carbocycles. The van der Waals surface area contributed by atoms with Gasteiger partial charge in [-0.1, -0.05) is 11.6 Å². The third-order valence-corrected chi connectivity index (χ3v) is 2.69. The van der Waals surface area contributed by atoms with Crippen molar-refractivity contribution in [2.75, 3.05) is 6.61 Å². The summed E-state index contributed by atoms with van der Waals surface area (Å²) in [5.41, 5.74) is -0.322. The largest absolute Gasteiger partial charge is 0.474 e. The third kappa shape index (κ3) is 4.68. The van der Waals surface area contributed by atoms with Crippen LogP contribution in [0.5, 0.6) is 5.75 Å². The van der Waals surface area contributed by atoms with Gasteiger partial charge in [0, 0.05) is 11.1 Å². The smallest absolute Gasteiger partial charge is 0.344 e. The van der Waals surface area contributed by atoms with Crippen molar-refractivity contribution in [1.82, 2.24) is 0 Å². The molecule has 6 nitrogen and oxygen atoms in total. The molecule has 0 aliphatic heterocycles. The van der Waals surface area contributed by atoms with Gasteiger partial charge in [-0.05, 0) is 35.8 Å². The first-order chi connectivity index (χ1) is 8.81. The van der Waals surface area contributed by atoms with E-state index >= 15 is 0 Å². The Morgan fingerprint density at radius 2 is 2.16 bits per heavy atom. The van der Waals surface area contributed by atoms with Crippen LogP contribution in [-0.4, -0.2) is 23.6 Å². The van der Waals surface area contributed by atoms with Gasteiger partial charge >= 0.3 is 11.7 Å². The van der Waals surface area contributed by atoms with Gasteiger partial charge in [-0.25, -0.2) is 4.79 Å². The average molecular weight is 353 g/mol. The Bertz CT molecular complexity index is 506. The van der Waals surface area contributed by atoms with Crippen molar-refractivity contribution in [1.29, 1.82) is 0 Å². The molecule has 0 spiro atoms. The van der Waals surface area contributed by atoms with Crippen molar-refractivity contribution in [3.8, 4) is 5.75 Å². The number of hydrogen-bond acceptors (Lipinski definition) is 5. The van der Waals surface area contributed by atoms with Gasteiger partial charge in [0.1, 0.15) is 0 Å². The fourth-order valence-electron chi connectivity index (χ4n) is 1.25. The van der Waals surface area contributed by atoms with Crippen LogP contribution in [0.25, 0.3) is 0 Å². The molecule has 0 heterocycles. The lowest BCUT2D eigenvalue weighted by atomic mass is 10.3. The number of esters is 1. The summed E-state index contributed by atoms with van der Waals surface area (Å²) in [5, 5.41) is 11.1. The lowest BCUT2D eigenvalue weighted by Crippen LogP contribution is -2.19. The molecule has 0 saturated heterocycles. The number of nitrogens with zero attached hydrogens (tertiary/aromatic N) is 1. The van der Waals surface area contributed by atoms with Crippen LogP contribution in [0.15, 0.2) is 16.6 Å². The standard InChI is InChI=1S/C11H11BrClNO5/c1-6(2)19-10(15)5-18-11-8(12)3-7(13)4-9(11)14(16)17/h3-4,6H,5H2,1-2H3. The summed E-state index contributed by atoms with van der Waals surface area (Å²) in [4.78, 5) is 21.6. The number of rotatable bonds is 5. The Morgan fingerprint density at radius 3 is 2.68 bits per heavy atom. The zero-order valence-electron chi connectivity index (χ0n) is 10.2. The highest BCUT2D eigenvalue weighted by molar-refractivity contribution is 9.10. The topological polar surface area (TPSA) is 78.7 Å². The molecular weight excluding hydrogens is 341 g/mol. The van der Waals surface area contributed by atoms with Gasteiger partial charge in [0.25, 0.3) is 0 Å². The molecule has 0 aromatic heterocycles. The van der Waals surface area contributed by atoms with Gasteiger partial charge < -0.3 is 9.47 Å². The maximum absolute atomic E-state index is 11.3. The Morgan fingerprint density at radius 1 is 1.53 bits per heavy atom. The SMILES string of the molecule is CC(C)OC(=O)COc1c(Br)cc(Cl)cc1[N+](=O)[O-]. The van der Waals surface area contributed by atoms with Crippen LogP contribution in [-0.2, 0) is 9.53 Å². The summed E-state index contributed by atoms with van der Waals surface area (Å²) < 4.78 is 10.3. The second kappa shape index (κ2) is 6.72. The van der Waals surface area contributed by atoms with Gasteiger partial charge in [-0.15, -0.1) is 0 Å². The van der Waals surface area contributed by atoms with Crippen LogP contribution in [0.3, 0.4) is 0 Å². The van der Waals surface area contributed by atoms with Crippen molar-refractivity contribution in [2.24, 2.45) is 0 Å². The van der Waals surface area contributed by atoms with Gasteiger partial charge in [0.15, 0.2) is 6.61 Å². The predicted octanol–water partition coefficient (Wildman–Crippen LogP) is 3.34. The van der Waals surface area contributed by atoms with Crippen molar-refractivity contribution in [3.05, 3.63) is 31.7 Å². The van der Waals surface area contributed by atoms with E-state index in [1.54, 1.807) is 13.8 Å². The van der Waals surface area contributed by atoms with E-state index in [0.717, 1.165) is 6.07 Å². The second-order valence-electron chi connectivity index (χ2n) is 3.82. The minimum atomic E-state index is -0.639. The Balaban J connectivity index is 2.89. The lowest BCUT2D eigenvalue weighted by Gasteiger charge is -2.10. The van der Waals surface area contributed by atoms with Crippen LogP contribution in [0.1, 0.15) is 13.8 Å². The first-order valence-electron chi connectivity index (χ1n) is 5.27. The highest BCUT2D eigenvalue weighted by atomic mass is 79.9. The Hall–Kier alpha value is -1.34. The summed E-state index contributed by atoms with van der Waals surface area (Å²) in [7, 11) is 0. The number of carbonyl (C=O) groups is 1. The van der Waals surface area contributed by atoms with E-state index in [2.05, 4.69) is 15.9 Å². The molecule has 0 unspecified atom stereocenters. The summed E-state index contributed by atoms with van der Waals surface area (Å²) in [6, 6.07) is 2.59. The molecular formula is C11H11BrClNO5. The summed E-state index contributed by atoms with van der Waals surface area (Å²) in [6.07, 6.45) is -0.278. The molecule has 0 bridgehead atoms. The van der Waals surface area contributed by atoms with E-state index in [1.807, 2.05) is 0 Å². The fourth-order valence-corrected chi connectivity index (χ4v) is 2.16. The van der Waals surface area contributed by atoms with Crippen LogP contribution in [0.4, 0.5) is 5.69 Å². The summed E-state index contributed by atoms with van der Waals surface area (Å²) in [6.45, 7) is 2.97. The second-order valence-corrected chi connectivity index (χ2v) is 5.11. The average Bonchev–Trinajstić information content (AvgIpc) is 2.25. The Kier molecular flexibility index (Phi) is 5.56. The molecule has 0 N–H and O–H groups in total. The van der Waals surface area contributed by atoms with Crippen molar-refractivity contribution in [3.63, 3.8) is 0 Å². The number of carbonyl (C=O) groups excluding carboxylic acids is 1. The summed E-state index contributed by atoms with van der Waals surface area (Å²) >= 11 is 8.82. The molecule has 8 heteroatoms. The van der Waals surface area contributed by atoms with Crippen molar-refractivity contribution in [2.45, 2.75) is 20.0 Å². The summed E-state index contributed by atoms with van der Waals surface area (Å²) in [5.74, 6) is -0.666. The quantitative estimate of drug-likeness (QED) is 0.461. The maximum atomic E-state index is 11.3. The van der Waals surface area contributed by atoms with E-state index in [-0.39, 0.29) is 22.6 Å². The molecule has 0 radical (unpaired) electrons. The minimum absolute atomic E-state index is 0.0601. The predicted molar refractivity (Wildman–Crippen MR) is 72.5 cm³/mol. The van der Waals surface area contributed by atoms with Crippen molar-refractivity contribution >= 4 is 39.2 Å². The number of ether oxygens (including phenoxy) is 2. The number of benzene rings is 1. The van der Waals surface area contributed by atoms with Crippen LogP contribution < -0.4 is 4.74 Å². The number of nitro benzene ring substituents is 1. The molecule has 1 rings (SSSR count). The van der Waals surface area contributed by atoms with Gasteiger partial charge in [-0.3, -0.25) is 10.1 Å². The van der Waals surface area contributed by atoms with Crippen LogP contribution in [0.2, 0.25) is 5.02 Å². The van der Waals surface area contributed by atoms with Gasteiger partial charge in [0.2, 0.25) is 5.75 Å². The molecule has 0 saturated carbocycles. The van der Waals surface area contributed by atoms with Crippen molar-refractivity contribution < 1.29 is 19.2 Å². The minimum Gasteiger partial charge on any atom is -0.474 e. The lowest BCUT2D eigenvalue weighted by molar-refractivity contribution is -0.385. The maximum Gasteiger partial charge on any atom is 0.344 e. The van der Waals surface area contributed by atoms with E-state index in [9.17, 15) is 14.9 Å². The van der Waals surface area contributed by atoms with E-state index in [4.69, 9.17) is 21.1 Å². The van der Waals surface area contributed by atoms with Gasteiger partial charge in [-0.2, -0.15) is 0 Å². The molecule has 0 atom stereocenters. The molecule has 1 aromatic carbocycles. The number of nitro groups is 1. The van der Waals surface area contributed by atoms with Crippen LogP contribution >= 0.6 is 27.5 Å². The number of halogens is 2. The first kappa shape index (κ1) is 15.7. The van der Waals surface area contributed by atoms with E-state index < -0.39 is 17.5 Å². The number of hydrogen-bond donors (Lipinski definition) is 0. The fraction of sp³-hybridized carbons (Fsp3) is 0.364. The molecule has 0 fully saturated rings. The highest BCUT2D eigenvalue weighted by Crippen LogP contribution is 2.37. The molecule has 104 valence electrons. The first-order valence-corrected chi connectivity index (χ1v) is 6.44. The van der Waals surface area contributed by atoms with E-state index in [1.165, 1.54) is 6.07 Å². The zero-order chi connectivity index (χ0) is 14.6. The van der Waals surface area contributed by atoms with E-state index in [0.29, 0.717) is 4.47 Å². The molecule has 0 aliphatic rings. The monoisotopic (exact) mass is 351 g/mol. The zero-order valence-corrected chi connectivity index (χ0v) is 12.5. The molecule has 1 aromatic rings. The Labute approximate surface area is 122 Å². The highest BCUT2D eigenvalue weighted by Gasteiger charge is 2.21. The van der Waals surface area contributed by atoms with Crippen LogP contribution in [0, 0.1) is 10.1 Å².